The maximum atomic E-state index is 12.2. The lowest BCUT2D eigenvalue weighted by Crippen LogP contribution is -2.57. The Labute approximate surface area is 84.7 Å². The van der Waals surface area contributed by atoms with E-state index in [2.05, 4.69) is 31.0 Å². The molecule has 1 rings (SSSR count). The first-order valence-corrected chi connectivity index (χ1v) is 5.16. The van der Waals surface area contributed by atoms with E-state index in [4.69, 9.17) is 0 Å². The molecule has 0 aromatic rings. The summed E-state index contributed by atoms with van der Waals surface area (Å²) in [6, 6.07) is -0.0528. The number of nitrogens with zero attached hydrogens (tertiary/aromatic N) is 1. The van der Waals surface area contributed by atoms with Crippen molar-refractivity contribution in [1.29, 1.82) is 0 Å². The molecule has 1 aliphatic rings. The van der Waals surface area contributed by atoms with Crippen LogP contribution in [0.2, 0.25) is 0 Å². The number of nitrogens with one attached hydrogen (secondary N) is 1. The molecule has 1 unspecified atom stereocenters. The topological polar surface area (TPSA) is 15.3 Å². The summed E-state index contributed by atoms with van der Waals surface area (Å²) in [5.41, 5.74) is 0.0858. The third-order valence-corrected chi connectivity index (χ3v) is 2.67. The smallest absolute Gasteiger partial charge is 0.240 e. The van der Waals surface area contributed by atoms with Crippen molar-refractivity contribution in [3.63, 3.8) is 0 Å². The van der Waals surface area contributed by atoms with Crippen LogP contribution in [0.25, 0.3) is 0 Å². The summed E-state index contributed by atoms with van der Waals surface area (Å²) in [7, 11) is 0. The van der Waals surface area contributed by atoms with Crippen LogP contribution in [0.5, 0.6) is 0 Å². The van der Waals surface area contributed by atoms with Crippen LogP contribution >= 0.6 is 0 Å². The molecule has 1 N–H and O–H groups in total. The van der Waals surface area contributed by atoms with E-state index >= 15 is 0 Å². The van der Waals surface area contributed by atoms with E-state index in [1.807, 2.05) is 0 Å². The number of piperazine rings is 1. The second kappa shape index (κ2) is 4.53. The van der Waals surface area contributed by atoms with Crippen LogP contribution in [0.4, 0.5) is 8.78 Å². The fourth-order valence-corrected chi connectivity index (χ4v) is 1.81. The zero-order valence-corrected chi connectivity index (χ0v) is 9.19. The third-order valence-electron chi connectivity index (χ3n) is 2.67. The molecule has 84 valence electrons. The van der Waals surface area contributed by atoms with Crippen LogP contribution in [0.15, 0.2) is 0 Å². The summed E-state index contributed by atoms with van der Waals surface area (Å²) in [5.74, 6) is 0. The second-order valence-electron chi connectivity index (χ2n) is 4.89. The highest BCUT2D eigenvalue weighted by Gasteiger charge is 2.28. The van der Waals surface area contributed by atoms with Gasteiger partial charge in [-0.1, -0.05) is 0 Å². The summed E-state index contributed by atoms with van der Waals surface area (Å²) < 4.78 is 24.4. The van der Waals surface area contributed by atoms with Crippen molar-refractivity contribution in [2.24, 2.45) is 0 Å². The van der Waals surface area contributed by atoms with Crippen molar-refractivity contribution in [2.75, 3.05) is 19.6 Å². The molecule has 0 aliphatic carbocycles. The summed E-state index contributed by atoms with van der Waals surface area (Å²) in [4.78, 5) is 2.26. The van der Waals surface area contributed by atoms with Gasteiger partial charge in [0.1, 0.15) is 0 Å². The number of halogens is 2. The van der Waals surface area contributed by atoms with Crippen LogP contribution in [0, 0.1) is 0 Å². The number of hydrogen-bond acceptors (Lipinski definition) is 2. The van der Waals surface area contributed by atoms with E-state index in [9.17, 15) is 8.78 Å². The van der Waals surface area contributed by atoms with Gasteiger partial charge in [0, 0.05) is 37.6 Å². The fourth-order valence-electron chi connectivity index (χ4n) is 1.81. The Morgan fingerprint density at radius 2 is 2.07 bits per heavy atom. The lowest BCUT2D eigenvalue weighted by atomic mass is 10.0. The van der Waals surface area contributed by atoms with E-state index in [-0.39, 0.29) is 18.0 Å². The van der Waals surface area contributed by atoms with Crippen molar-refractivity contribution in [2.45, 2.75) is 45.2 Å². The summed E-state index contributed by atoms with van der Waals surface area (Å²) in [6.45, 7) is 8.86. The first-order chi connectivity index (χ1) is 6.39. The predicted octanol–water partition coefficient (Wildman–Crippen LogP) is 1.71. The van der Waals surface area contributed by atoms with Gasteiger partial charge in [-0.25, -0.2) is 8.78 Å². The lowest BCUT2D eigenvalue weighted by Gasteiger charge is -2.42. The number of hydrogen-bond donors (Lipinski definition) is 1. The quantitative estimate of drug-likeness (QED) is 0.740. The Bertz CT molecular complexity index is 177. The van der Waals surface area contributed by atoms with Crippen LogP contribution in [0.1, 0.15) is 27.2 Å². The number of alkyl halides is 2. The van der Waals surface area contributed by atoms with Crippen LogP contribution in [-0.4, -0.2) is 42.5 Å². The van der Waals surface area contributed by atoms with Gasteiger partial charge in [-0.05, 0) is 20.8 Å². The average molecular weight is 206 g/mol. The Morgan fingerprint density at radius 3 is 2.57 bits per heavy atom. The predicted molar refractivity (Wildman–Crippen MR) is 53.7 cm³/mol. The van der Waals surface area contributed by atoms with Gasteiger partial charge >= 0.3 is 0 Å². The van der Waals surface area contributed by atoms with Gasteiger partial charge in [-0.3, -0.25) is 4.90 Å². The highest BCUT2D eigenvalue weighted by molar-refractivity contribution is 4.86. The van der Waals surface area contributed by atoms with Gasteiger partial charge in [0.05, 0.1) is 0 Å². The minimum Gasteiger partial charge on any atom is -0.311 e. The molecule has 0 spiro atoms. The van der Waals surface area contributed by atoms with Crippen molar-refractivity contribution in [3.05, 3.63) is 0 Å². The van der Waals surface area contributed by atoms with E-state index in [0.29, 0.717) is 0 Å². The van der Waals surface area contributed by atoms with Gasteiger partial charge in [-0.2, -0.15) is 0 Å². The zero-order valence-electron chi connectivity index (χ0n) is 9.19. The minimum atomic E-state index is -2.20. The third kappa shape index (κ3) is 3.50. The summed E-state index contributed by atoms with van der Waals surface area (Å²) in [6.07, 6.45) is -2.24. The van der Waals surface area contributed by atoms with Gasteiger partial charge in [0.25, 0.3) is 0 Å². The van der Waals surface area contributed by atoms with Crippen LogP contribution < -0.4 is 5.32 Å². The monoisotopic (exact) mass is 206 g/mol. The molecule has 4 heteroatoms. The normalized spacial score (nSPS) is 25.7. The molecule has 14 heavy (non-hydrogen) atoms. The standard InChI is InChI=1S/C10H20F2N2/c1-10(2,3)14-5-4-13-8(7-14)6-9(11)12/h8-9,13H,4-7H2,1-3H3. The Morgan fingerprint density at radius 1 is 1.43 bits per heavy atom. The molecule has 0 aromatic heterocycles. The molecule has 1 aliphatic heterocycles. The van der Waals surface area contributed by atoms with Gasteiger partial charge < -0.3 is 5.32 Å². The first kappa shape index (κ1) is 11.9. The summed E-state index contributed by atoms with van der Waals surface area (Å²) in [5, 5.41) is 3.13. The Hall–Kier alpha value is -0.220. The molecule has 0 amide bonds. The Kier molecular flexibility index (Phi) is 3.84. The fraction of sp³-hybridized carbons (Fsp3) is 1.00. The van der Waals surface area contributed by atoms with Crippen molar-refractivity contribution in [1.82, 2.24) is 10.2 Å². The molecule has 1 fully saturated rings. The Balaban J connectivity index is 2.44. The summed E-state index contributed by atoms with van der Waals surface area (Å²) >= 11 is 0. The van der Waals surface area contributed by atoms with Crippen molar-refractivity contribution < 1.29 is 8.78 Å². The first-order valence-electron chi connectivity index (χ1n) is 5.16. The molecule has 1 saturated heterocycles. The average Bonchev–Trinajstić information content (AvgIpc) is 2.01. The molecule has 2 nitrogen and oxygen atoms in total. The molecule has 0 bridgehead atoms. The van der Waals surface area contributed by atoms with E-state index in [0.717, 1.165) is 19.6 Å². The molecular formula is C10H20F2N2. The van der Waals surface area contributed by atoms with Crippen molar-refractivity contribution in [3.8, 4) is 0 Å². The van der Waals surface area contributed by atoms with Crippen LogP contribution in [-0.2, 0) is 0 Å². The number of rotatable bonds is 2. The highest BCUT2D eigenvalue weighted by atomic mass is 19.3. The maximum Gasteiger partial charge on any atom is 0.240 e. The molecular weight excluding hydrogens is 186 g/mol. The molecule has 1 atom stereocenters. The molecule has 1 heterocycles. The van der Waals surface area contributed by atoms with E-state index in [1.54, 1.807) is 0 Å². The lowest BCUT2D eigenvalue weighted by molar-refractivity contribution is 0.0621. The second-order valence-corrected chi connectivity index (χ2v) is 4.89. The van der Waals surface area contributed by atoms with Crippen LogP contribution in [0.3, 0.4) is 0 Å². The van der Waals surface area contributed by atoms with Gasteiger partial charge in [0.2, 0.25) is 6.43 Å². The SMILES string of the molecule is CC(C)(C)N1CCNC(CC(F)F)C1. The maximum absolute atomic E-state index is 12.2. The van der Waals surface area contributed by atoms with Gasteiger partial charge in [0.15, 0.2) is 0 Å². The van der Waals surface area contributed by atoms with Crippen molar-refractivity contribution >= 4 is 0 Å². The minimum absolute atomic E-state index is 0.0351. The zero-order chi connectivity index (χ0) is 10.8. The molecule has 0 saturated carbocycles. The molecule has 0 radical (unpaired) electrons. The highest BCUT2D eigenvalue weighted by Crippen LogP contribution is 2.17. The van der Waals surface area contributed by atoms with E-state index in [1.165, 1.54) is 0 Å². The van der Waals surface area contributed by atoms with Gasteiger partial charge in [-0.15, -0.1) is 0 Å². The van der Waals surface area contributed by atoms with E-state index < -0.39 is 6.43 Å². The molecule has 0 aromatic carbocycles. The largest absolute Gasteiger partial charge is 0.311 e.